The van der Waals surface area contributed by atoms with Gasteiger partial charge < -0.3 is 9.32 Å². The van der Waals surface area contributed by atoms with Gasteiger partial charge in [0.15, 0.2) is 34.6 Å². The number of fused-ring (bicyclic) bond motifs is 1. The summed E-state index contributed by atoms with van der Waals surface area (Å²) in [6.45, 7) is 4.77. The molecule has 0 N–H and O–H groups in total. The molecular weight excluding hydrogens is 354 g/mol. The van der Waals surface area contributed by atoms with Gasteiger partial charge in [0.25, 0.3) is 5.71 Å². The summed E-state index contributed by atoms with van der Waals surface area (Å²) in [5, 5.41) is 0. The minimum atomic E-state index is -1.00. The first-order valence-corrected chi connectivity index (χ1v) is 8.78. The van der Waals surface area contributed by atoms with Crippen molar-refractivity contribution in [1.82, 2.24) is 15.0 Å². The van der Waals surface area contributed by atoms with Gasteiger partial charge in [0.05, 0.1) is 0 Å². The Balaban J connectivity index is 1.52. The Morgan fingerprint density at radius 3 is 2.56 bits per heavy atom. The lowest BCUT2D eigenvalue weighted by Crippen LogP contribution is -2.37. The molecule has 1 fully saturated rings. The quantitative estimate of drug-likeness (QED) is 0.654. The lowest BCUT2D eigenvalue weighted by atomic mass is 9.89. The topological polar surface area (TPSA) is 72.1 Å². The largest absolute Gasteiger partial charge is 0.422 e. The van der Waals surface area contributed by atoms with Gasteiger partial charge in [0.2, 0.25) is 0 Å². The number of halogens is 2. The van der Waals surface area contributed by atoms with E-state index >= 15 is 0 Å². The molecule has 0 spiro atoms. The van der Waals surface area contributed by atoms with Gasteiger partial charge in [0, 0.05) is 31.5 Å². The number of ketones is 1. The van der Waals surface area contributed by atoms with E-state index in [0.29, 0.717) is 54.7 Å². The molecule has 27 heavy (non-hydrogen) atoms. The summed E-state index contributed by atoms with van der Waals surface area (Å²) in [4.78, 5) is 27.8. The van der Waals surface area contributed by atoms with E-state index in [1.807, 2.05) is 0 Å². The van der Waals surface area contributed by atoms with E-state index in [4.69, 9.17) is 4.42 Å². The van der Waals surface area contributed by atoms with Crippen LogP contribution in [0, 0.1) is 31.4 Å². The van der Waals surface area contributed by atoms with Gasteiger partial charge in [-0.15, -0.1) is 0 Å². The van der Waals surface area contributed by atoms with Crippen molar-refractivity contribution in [1.29, 1.82) is 0 Å². The zero-order valence-electron chi connectivity index (χ0n) is 15.0. The number of carbonyl (C=O) groups excluding carboxylic acids is 1. The smallest absolute Gasteiger partial charge is 0.252 e. The number of anilines is 1. The van der Waals surface area contributed by atoms with Crippen LogP contribution in [0.15, 0.2) is 22.6 Å². The highest BCUT2D eigenvalue weighted by molar-refractivity contribution is 5.98. The van der Waals surface area contributed by atoms with E-state index in [-0.39, 0.29) is 17.3 Å². The summed E-state index contributed by atoms with van der Waals surface area (Å²) in [6, 6.07) is 3.30. The number of nitrogens with zero attached hydrogens (tertiary/aromatic N) is 4. The van der Waals surface area contributed by atoms with Crippen LogP contribution in [0.5, 0.6) is 0 Å². The predicted molar refractivity (Wildman–Crippen MR) is 94.7 cm³/mol. The van der Waals surface area contributed by atoms with E-state index < -0.39 is 11.6 Å². The fourth-order valence-electron chi connectivity index (χ4n) is 3.47. The molecule has 8 heteroatoms. The first-order valence-electron chi connectivity index (χ1n) is 8.78. The number of carbonyl (C=O) groups is 1. The molecule has 0 radical (unpaired) electrons. The third-order valence-electron chi connectivity index (χ3n) is 4.83. The van der Waals surface area contributed by atoms with Crippen molar-refractivity contribution >= 4 is 22.8 Å². The van der Waals surface area contributed by atoms with Gasteiger partial charge in [-0.1, -0.05) is 0 Å². The molecule has 6 nitrogen and oxygen atoms in total. The van der Waals surface area contributed by atoms with Crippen molar-refractivity contribution < 1.29 is 18.0 Å². The second-order valence-corrected chi connectivity index (χ2v) is 6.74. The lowest BCUT2D eigenvalue weighted by molar-refractivity contribution is 0.0900. The Kier molecular flexibility index (Phi) is 4.33. The molecule has 0 amide bonds. The second-order valence-electron chi connectivity index (χ2n) is 6.74. The number of hydrogen-bond donors (Lipinski definition) is 0. The third-order valence-corrected chi connectivity index (χ3v) is 4.83. The average molecular weight is 372 g/mol. The van der Waals surface area contributed by atoms with E-state index in [1.54, 1.807) is 13.8 Å². The van der Waals surface area contributed by atoms with Crippen LogP contribution in [-0.2, 0) is 0 Å². The first kappa shape index (κ1) is 17.5. The molecule has 3 aromatic rings. The molecule has 0 unspecified atom stereocenters. The molecule has 0 bridgehead atoms. The van der Waals surface area contributed by atoms with Crippen LogP contribution in [0.1, 0.15) is 34.9 Å². The van der Waals surface area contributed by atoms with Crippen molar-refractivity contribution in [3.05, 3.63) is 47.1 Å². The van der Waals surface area contributed by atoms with Gasteiger partial charge in [0.1, 0.15) is 5.82 Å². The van der Waals surface area contributed by atoms with Crippen LogP contribution in [0.2, 0.25) is 0 Å². The summed E-state index contributed by atoms with van der Waals surface area (Å²) in [6.07, 6.45) is 1.19. The Labute approximate surface area is 154 Å². The molecule has 140 valence electrons. The van der Waals surface area contributed by atoms with Crippen LogP contribution in [0.3, 0.4) is 0 Å². The number of aromatic nitrogens is 3. The van der Waals surface area contributed by atoms with Gasteiger partial charge >= 0.3 is 0 Å². The summed E-state index contributed by atoms with van der Waals surface area (Å²) in [5.41, 5.74) is 1.28. The van der Waals surface area contributed by atoms with Crippen LogP contribution >= 0.6 is 0 Å². The molecule has 1 aromatic carbocycles. The number of rotatable bonds is 3. The summed E-state index contributed by atoms with van der Waals surface area (Å²) in [5.74, 6) is -0.527. The minimum absolute atomic E-state index is 0.158. The number of aryl methyl sites for hydroxylation is 2. The highest BCUT2D eigenvalue weighted by atomic mass is 19.2. The van der Waals surface area contributed by atoms with Crippen LogP contribution in [-0.4, -0.2) is 33.8 Å². The maximum absolute atomic E-state index is 13.4. The van der Waals surface area contributed by atoms with Gasteiger partial charge in [-0.3, -0.25) is 4.79 Å². The monoisotopic (exact) mass is 372 g/mol. The maximum atomic E-state index is 13.4. The zero-order chi connectivity index (χ0) is 19.1. The number of Topliss-reactive ketones (excluding diaryl/α,β-unsaturated/α-hetero) is 1. The van der Waals surface area contributed by atoms with Crippen LogP contribution in [0.25, 0.3) is 11.2 Å². The minimum Gasteiger partial charge on any atom is -0.422 e. The van der Waals surface area contributed by atoms with Gasteiger partial charge in [-0.2, -0.15) is 4.98 Å². The Hall–Kier alpha value is -2.90. The Morgan fingerprint density at radius 2 is 1.85 bits per heavy atom. The number of benzene rings is 1. The van der Waals surface area contributed by atoms with Crippen molar-refractivity contribution in [2.75, 3.05) is 18.0 Å². The number of piperidine rings is 1. The summed E-state index contributed by atoms with van der Waals surface area (Å²) in [7, 11) is 0. The van der Waals surface area contributed by atoms with E-state index in [0.717, 1.165) is 12.1 Å². The molecule has 3 heterocycles. The lowest BCUT2D eigenvalue weighted by Gasteiger charge is -2.32. The third kappa shape index (κ3) is 3.27. The highest BCUT2D eigenvalue weighted by Crippen LogP contribution is 2.29. The normalized spacial score (nSPS) is 15.5. The SMILES string of the molecule is Cc1nc(N2CCC(C(=O)c3ccc(F)c(F)c3)CC2)c2nc(C)oc2n1. The molecule has 0 saturated carbocycles. The fraction of sp³-hybridized carbons (Fsp3) is 0.368. The first-order chi connectivity index (χ1) is 12.9. The van der Waals surface area contributed by atoms with Crippen LogP contribution in [0.4, 0.5) is 14.6 Å². The average Bonchev–Trinajstić information content (AvgIpc) is 3.02. The molecule has 4 rings (SSSR count). The Bertz CT molecular complexity index is 1030. The van der Waals surface area contributed by atoms with E-state index in [2.05, 4.69) is 19.9 Å². The maximum Gasteiger partial charge on any atom is 0.252 e. The van der Waals surface area contributed by atoms with Crippen molar-refractivity contribution in [2.45, 2.75) is 26.7 Å². The molecule has 1 saturated heterocycles. The molecule has 1 aliphatic rings. The Morgan fingerprint density at radius 1 is 1.11 bits per heavy atom. The van der Waals surface area contributed by atoms with Crippen molar-refractivity contribution in [2.24, 2.45) is 5.92 Å². The zero-order valence-corrected chi connectivity index (χ0v) is 15.0. The van der Waals surface area contributed by atoms with Gasteiger partial charge in [-0.05, 0) is 38.0 Å². The number of hydrogen-bond acceptors (Lipinski definition) is 6. The van der Waals surface area contributed by atoms with Crippen molar-refractivity contribution in [3.63, 3.8) is 0 Å². The fourth-order valence-corrected chi connectivity index (χ4v) is 3.47. The van der Waals surface area contributed by atoms with Crippen LogP contribution < -0.4 is 4.90 Å². The summed E-state index contributed by atoms with van der Waals surface area (Å²) >= 11 is 0. The highest BCUT2D eigenvalue weighted by Gasteiger charge is 2.28. The second kappa shape index (κ2) is 6.68. The van der Waals surface area contributed by atoms with Crippen molar-refractivity contribution in [3.8, 4) is 0 Å². The molecule has 0 atom stereocenters. The van der Waals surface area contributed by atoms with E-state index in [9.17, 15) is 13.6 Å². The van der Waals surface area contributed by atoms with E-state index in [1.165, 1.54) is 6.07 Å². The predicted octanol–water partition coefficient (Wildman–Crippen LogP) is 3.61. The van der Waals surface area contributed by atoms with Gasteiger partial charge in [-0.25, -0.2) is 18.7 Å². The standard InChI is InChI=1S/C19H18F2N4O2/c1-10-22-18(16-19(23-10)27-11(2)24-16)25-7-5-12(6-8-25)17(26)13-3-4-14(20)15(21)9-13/h3-4,9,12H,5-8H2,1-2H3. The molecular formula is C19H18F2N4O2. The summed E-state index contributed by atoms with van der Waals surface area (Å²) < 4.78 is 32.0. The molecule has 0 aliphatic carbocycles. The number of oxazole rings is 1. The molecule has 1 aliphatic heterocycles. The molecule has 2 aromatic heterocycles.